The molecule has 0 unspecified atom stereocenters. The second kappa shape index (κ2) is 5.19. The van der Waals surface area contributed by atoms with Crippen LogP contribution in [0.4, 0.5) is 4.79 Å². The van der Waals surface area contributed by atoms with E-state index >= 15 is 0 Å². The molecule has 1 fully saturated rings. The van der Waals surface area contributed by atoms with Gasteiger partial charge in [-0.3, -0.25) is 0 Å². The van der Waals surface area contributed by atoms with Gasteiger partial charge in [0.15, 0.2) is 0 Å². The fourth-order valence-corrected chi connectivity index (χ4v) is 2.00. The first-order valence-corrected chi connectivity index (χ1v) is 6.19. The van der Waals surface area contributed by atoms with Gasteiger partial charge in [0.1, 0.15) is 5.69 Å². The molecule has 3 rings (SSSR count). The third kappa shape index (κ3) is 2.48. The molecule has 2 aromatic rings. The van der Waals surface area contributed by atoms with Gasteiger partial charge in [-0.25, -0.2) is 4.79 Å². The summed E-state index contributed by atoms with van der Waals surface area (Å²) in [6, 6.07) is 9.52. The predicted octanol–water partition coefficient (Wildman–Crippen LogP) is 1.25. The summed E-state index contributed by atoms with van der Waals surface area (Å²) in [4.78, 5) is 13.9. The summed E-state index contributed by atoms with van der Waals surface area (Å²) in [6.07, 6.45) is 1.66. The van der Waals surface area contributed by atoms with Crippen LogP contribution in [0.2, 0.25) is 0 Å². The van der Waals surface area contributed by atoms with Crippen molar-refractivity contribution in [2.45, 2.75) is 0 Å². The van der Waals surface area contributed by atoms with Gasteiger partial charge < -0.3 is 9.64 Å². The number of amides is 1. The number of carbonyl (C=O) groups excluding carboxylic acids is 1. The average molecular weight is 258 g/mol. The molecule has 0 atom stereocenters. The van der Waals surface area contributed by atoms with Crippen molar-refractivity contribution in [2.75, 3.05) is 26.3 Å². The Bertz CT molecular complexity index is 561. The van der Waals surface area contributed by atoms with Crippen molar-refractivity contribution in [3.63, 3.8) is 0 Å². The minimum atomic E-state index is -0.155. The quantitative estimate of drug-likeness (QED) is 0.772. The Morgan fingerprint density at radius 2 is 1.89 bits per heavy atom. The van der Waals surface area contributed by atoms with Crippen LogP contribution in [0.1, 0.15) is 0 Å². The van der Waals surface area contributed by atoms with E-state index in [4.69, 9.17) is 4.74 Å². The fraction of sp³-hybridized carbons (Fsp3) is 0.308. The van der Waals surface area contributed by atoms with Gasteiger partial charge in [0.05, 0.1) is 19.4 Å². The smallest absolute Gasteiger partial charge is 0.346 e. The average Bonchev–Trinajstić information content (AvgIpc) is 2.98. The van der Waals surface area contributed by atoms with Crippen LogP contribution in [0.25, 0.3) is 11.3 Å². The number of ether oxygens (including phenoxy) is 1. The van der Waals surface area contributed by atoms with E-state index in [1.807, 2.05) is 30.3 Å². The van der Waals surface area contributed by atoms with Crippen molar-refractivity contribution in [1.29, 1.82) is 0 Å². The molecular weight excluding hydrogens is 244 g/mol. The number of aromatic nitrogens is 3. The molecule has 19 heavy (non-hydrogen) atoms. The Morgan fingerprint density at radius 3 is 2.63 bits per heavy atom. The van der Waals surface area contributed by atoms with Crippen LogP contribution in [0.3, 0.4) is 0 Å². The Hall–Kier alpha value is -2.21. The maximum Gasteiger partial charge on any atom is 0.346 e. The summed E-state index contributed by atoms with van der Waals surface area (Å²) >= 11 is 0. The Balaban J connectivity index is 1.79. The molecule has 1 aromatic heterocycles. The van der Waals surface area contributed by atoms with Crippen molar-refractivity contribution in [3.05, 3.63) is 36.5 Å². The van der Waals surface area contributed by atoms with E-state index in [0.717, 1.165) is 5.56 Å². The number of nitrogens with zero attached hydrogens (tertiary/aromatic N) is 4. The van der Waals surface area contributed by atoms with Gasteiger partial charge >= 0.3 is 6.03 Å². The highest BCUT2D eigenvalue weighted by molar-refractivity contribution is 5.77. The minimum Gasteiger partial charge on any atom is -0.378 e. The molecule has 1 aliphatic heterocycles. The largest absolute Gasteiger partial charge is 0.378 e. The van der Waals surface area contributed by atoms with Crippen molar-refractivity contribution in [1.82, 2.24) is 19.9 Å². The Morgan fingerprint density at radius 1 is 1.16 bits per heavy atom. The number of carbonyl (C=O) groups is 1. The first-order valence-electron chi connectivity index (χ1n) is 6.19. The molecule has 6 heteroatoms. The van der Waals surface area contributed by atoms with Crippen molar-refractivity contribution in [3.8, 4) is 11.3 Å². The van der Waals surface area contributed by atoms with Gasteiger partial charge in [-0.1, -0.05) is 35.5 Å². The van der Waals surface area contributed by atoms with Crippen molar-refractivity contribution < 1.29 is 9.53 Å². The topological polar surface area (TPSA) is 60.2 Å². The lowest BCUT2D eigenvalue weighted by Gasteiger charge is -2.25. The zero-order valence-electron chi connectivity index (χ0n) is 10.4. The Labute approximate surface area is 110 Å². The minimum absolute atomic E-state index is 0.155. The zero-order valence-corrected chi connectivity index (χ0v) is 10.4. The molecule has 1 amide bonds. The van der Waals surface area contributed by atoms with E-state index in [0.29, 0.717) is 32.0 Å². The first-order chi connectivity index (χ1) is 9.34. The lowest BCUT2D eigenvalue weighted by Crippen LogP contribution is -2.43. The lowest BCUT2D eigenvalue weighted by molar-refractivity contribution is 0.0527. The number of hydrogen-bond acceptors (Lipinski definition) is 4. The summed E-state index contributed by atoms with van der Waals surface area (Å²) in [7, 11) is 0. The second-order valence-electron chi connectivity index (χ2n) is 4.30. The zero-order chi connectivity index (χ0) is 13.1. The molecule has 1 aliphatic rings. The van der Waals surface area contributed by atoms with E-state index in [2.05, 4.69) is 10.3 Å². The standard InChI is InChI=1S/C13H14N4O2/c18-13(16-6-8-19-9-7-16)17-10-12(14-15-17)11-4-2-1-3-5-11/h1-5,10H,6-9H2. The molecule has 1 saturated heterocycles. The summed E-state index contributed by atoms with van der Waals surface area (Å²) in [5.41, 5.74) is 1.64. The van der Waals surface area contributed by atoms with E-state index in [1.165, 1.54) is 4.68 Å². The number of benzene rings is 1. The molecule has 0 aliphatic carbocycles. The van der Waals surface area contributed by atoms with E-state index < -0.39 is 0 Å². The van der Waals surface area contributed by atoms with Crippen LogP contribution in [0.15, 0.2) is 36.5 Å². The maximum absolute atomic E-state index is 12.2. The number of morpholine rings is 1. The van der Waals surface area contributed by atoms with Crippen LogP contribution in [0.5, 0.6) is 0 Å². The highest BCUT2D eigenvalue weighted by Gasteiger charge is 2.19. The normalized spacial score (nSPS) is 15.5. The molecule has 98 valence electrons. The summed E-state index contributed by atoms with van der Waals surface area (Å²) in [6.45, 7) is 2.34. The molecule has 0 bridgehead atoms. The van der Waals surface area contributed by atoms with Crippen LogP contribution in [-0.2, 0) is 4.74 Å². The third-order valence-electron chi connectivity index (χ3n) is 3.04. The lowest BCUT2D eigenvalue weighted by atomic mass is 10.2. The molecule has 0 spiro atoms. The fourth-order valence-electron chi connectivity index (χ4n) is 2.00. The Kier molecular flexibility index (Phi) is 3.24. The molecule has 6 nitrogen and oxygen atoms in total. The molecule has 0 radical (unpaired) electrons. The first kappa shape index (κ1) is 11.9. The van der Waals surface area contributed by atoms with Gasteiger partial charge in [0.2, 0.25) is 0 Å². The molecule has 1 aromatic carbocycles. The van der Waals surface area contributed by atoms with E-state index in [1.54, 1.807) is 11.1 Å². The van der Waals surface area contributed by atoms with Crippen LogP contribution in [0, 0.1) is 0 Å². The van der Waals surface area contributed by atoms with Crippen molar-refractivity contribution >= 4 is 6.03 Å². The van der Waals surface area contributed by atoms with E-state index in [9.17, 15) is 4.79 Å². The van der Waals surface area contributed by atoms with Gasteiger partial charge in [0.25, 0.3) is 0 Å². The predicted molar refractivity (Wildman–Crippen MR) is 68.6 cm³/mol. The van der Waals surface area contributed by atoms with Gasteiger partial charge in [-0.2, -0.15) is 4.68 Å². The molecule has 2 heterocycles. The maximum atomic E-state index is 12.2. The molecular formula is C13H14N4O2. The highest BCUT2D eigenvalue weighted by Crippen LogP contribution is 2.15. The SMILES string of the molecule is O=C(N1CCOCC1)n1cc(-c2ccccc2)nn1. The van der Waals surface area contributed by atoms with Gasteiger partial charge in [0, 0.05) is 18.7 Å². The third-order valence-corrected chi connectivity index (χ3v) is 3.04. The molecule has 0 saturated carbocycles. The van der Waals surface area contributed by atoms with Gasteiger partial charge in [-0.05, 0) is 0 Å². The molecule has 0 N–H and O–H groups in total. The van der Waals surface area contributed by atoms with Crippen LogP contribution >= 0.6 is 0 Å². The summed E-state index contributed by atoms with van der Waals surface area (Å²) < 4.78 is 6.51. The van der Waals surface area contributed by atoms with Crippen LogP contribution < -0.4 is 0 Å². The van der Waals surface area contributed by atoms with E-state index in [-0.39, 0.29) is 6.03 Å². The monoisotopic (exact) mass is 258 g/mol. The highest BCUT2D eigenvalue weighted by atomic mass is 16.5. The van der Waals surface area contributed by atoms with Crippen LogP contribution in [-0.4, -0.2) is 52.2 Å². The second-order valence-corrected chi connectivity index (χ2v) is 4.30. The number of rotatable bonds is 1. The van der Waals surface area contributed by atoms with Crippen molar-refractivity contribution in [2.24, 2.45) is 0 Å². The summed E-state index contributed by atoms with van der Waals surface area (Å²) in [5, 5.41) is 7.94. The number of hydrogen-bond donors (Lipinski definition) is 0. The van der Waals surface area contributed by atoms with Gasteiger partial charge in [-0.15, -0.1) is 5.10 Å². The summed E-state index contributed by atoms with van der Waals surface area (Å²) in [5.74, 6) is 0.